The number of nitrogens with zero attached hydrogens (tertiary/aromatic N) is 1. The maximum Gasteiger partial charge on any atom is 0.253 e. The molecule has 0 spiro atoms. The van der Waals surface area contributed by atoms with Gasteiger partial charge in [-0.3, -0.25) is 19.3 Å². The Labute approximate surface area is 157 Å². The summed E-state index contributed by atoms with van der Waals surface area (Å²) >= 11 is 0. The van der Waals surface area contributed by atoms with E-state index in [4.69, 9.17) is 7.85 Å². The lowest BCUT2D eigenvalue weighted by Crippen LogP contribution is -2.38. The molecule has 0 atom stereocenters. The van der Waals surface area contributed by atoms with Gasteiger partial charge in [0.1, 0.15) is 0 Å². The highest BCUT2D eigenvalue weighted by Crippen LogP contribution is 2.39. The van der Waals surface area contributed by atoms with E-state index < -0.39 is 0 Å². The van der Waals surface area contributed by atoms with Crippen LogP contribution in [0.25, 0.3) is 0 Å². The summed E-state index contributed by atoms with van der Waals surface area (Å²) in [5, 5.41) is 2.71. The second-order valence-corrected chi connectivity index (χ2v) is 9.37. The van der Waals surface area contributed by atoms with E-state index in [-0.39, 0.29) is 41.2 Å². The van der Waals surface area contributed by atoms with Gasteiger partial charge in [-0.05, 0) is 33.1 Å². The molecule has 0 aromatic rings. The van der Waals surface area contributed by atoms with Crippen LogP contribution in [0.1, 0.15) is 39.5 Å². The summed E-state index contributed by atoms with van der Waals surface area (Å²) in [7, 11) is 8.53. The highest BCUT2D eigenvalue weighted by Gasteiger charge is 2.22. The summed E-state index contributed by atoms with van der Waals surface area (Å²) in [6.07, 6.45) is 4.69. The van der Waals surface area contributed by atoms with E-state index in [9.17, 15) is 19.2 Å². The molecule has 1 aliphatic rings. The average Bonchev–Trinajstić information content (AvgIpc) is 2.84. The summed E-state index contributed by atoms with van der Waals surface area (Å²) in [5.41, 5.74) is -0.288. The molecule has 9 heteroatoms. The molecular weight excluding hydrogens is 359 g/mol. The maximum atomic E-state index is 11.7. The molecule has 136 valence electrons. The van der Waals surface area contributed by atoms with E-state index in [1.54, 1.807) is 21.6 Å². The summed E-state index contributed by atoms with van der Waals surface area (Å²) in [6.45, 7) is 4.58. The summed E-state index contributed by atoms with van der Waals surface area (Å²) in [4.78, 5) is 46.3. The molecule has 0 aromatic heterocycles. The minimum atomic E-state index is -0.341. The van der Waals surface area contributed by atoms with Gasteiger partial charge in [0.15, 0.2) is 7.85 Å². The van der Waals surface area contributed by atoms with E-state index in [1.165, 1.54) is 12.2 Å². The number of nitrogens with one attached hydrogen (secondary N) is 1. The average molecular weight is 382 g/mol. The molecule has 1 aliphatic heterocycles. The first-order chi connectivity index (χ1) is 11.7. The Morgan fingerprint density at radius 2 is 1.84 bits per heavy atom. The van der Waals surface area contributed by atoms with Gasteiger partial charge in [0.25, 0.3) is 11.8 Å². The Hall–Kier alpha value is -1.22. The van der Waals surface area contributed by atoms with Gasteiger partial charge >= 0.3 is 0 Å². The molecule has 0 unspecified atom stereocenters. The number of hydrogen-bond acceptors (Lipinski definition) is 6. The van der Waals surface area contributed by atoms with Gasteiger partial charge in [0, 0.05) is 42.2 Å². The molecule has 1 rings (SSSR count). The molecule has 1 N–H and O–H groups in total. The molecule has 0 bridgehead atoms. The summed E-state index contributed by atoms with van der Waals surface area (Å²) in [6, 6.07) is 0. The van der Waals surface area contributed by atoms with Crippen LogP contribution in [0.2, 0.25) is 0 Å². The number of amides is 3. The number of imide groups is 1. The van der Waals surface area contributed by atoms with E-state index in [2.05, 4.69) is 19.2 Å². The Balaban J connectivity index is 2.06. The Morgan fingerprint density at radius 3 is 2.44 bits per heavy atom. The zero-order valence-electron chi connectivity index (χ0n) is 14.6. The third-order valence-electron chi connectivity index (χ3n) is 3.45. The van der Waals surface area contributed by atoms with Crippen LogP contribution in [-0.2, 0) is 19.2 Å². The standard InChI is InChI=1S/C16H23BN2O4S2/c1-16(2,8-7-12(17)20)25-24-11-3-4-13(21)18-9-10-19-14(22)5-6-15(19)23/h5-6H,3-4,7-11H2,1-2H3,(H,18,21). The van der Waals surface area contributed by atoms with Crippen LogP contribution in [0.3, 0.4) is 0 Å². The first-order valence-corrected chi connectivity index (χ1v) is 10.4. The maximum absolute atomic E-state index is 11.7. The van der Waals surface area contributed by atoms with Crippen LogP contribution in [0, 0.1) is 0 Å². The van der Waals surface area contributed by atoms with Crippen molar-refractivity contribution in [2.45, 2.75) is 44.3 Å². The number of hydrogen-bond donors (Lipinski definition) is 1. The van der Waals surface area contributed by atoms with Crippen LogP contribution in [-0.4, -0.2) is 59.7 Å². The molecule has 0 aromatic carbocycles. The zero-order chi connectivity index (χ0) is 18.9. The molecule has 25 heavy (non-hydrogen) atoms. The lowest BCUT2D eigenvalue weighted by molar-refractivity contribution is -0.137. The number of carbonyl (C=O) groups is 4. The smallest absolute Gasteiger partial charge is 0.253 e. The Bertz CT molecular complexity index is 534. The van der Waals surface area contributed by atoms with Gasteiger partial charge in [-0.15, -0.1) is 0 Å². The zero-order valence-corrected chi connectivity index (χ0v) is 16.2. The van der Waals surface area contributed by atoms with Crippen molar-refractivity contribution in [3.05, 3.63) is 12.2 Å². The molecule has 2 radical (unpaired) electrons. The normalized spacial score (nSPS) is 14.2. The van der Waals surface area contributed by atoms with Gasteiger partial charge < -0.3 is 10.1 Å². The van der Waals surface area contributed by atoms with Gasteiger partial charge in [-0.2, -0.15) is 0 Å². The molecule has 0 saturated carbocycles. The van der Waals surface area contributed by atoms with Crippen molar-refractivity contribution < 1.29 is 19.2 Å². The lowest BCUT2D eigenvalue weighted by Gasteiger charge is -2.22. The molecule has 0 aliphatic carbocycles. The molecular formula is C16H23BN2O4S2. The van der Waals surface area contributed by atoms with Crippen molar-refractivity contribution in [2.24, 2.45) is 0 Å². The summed E-state index contributed by atoms with van der Waals surface area (Å²) in [5.74, 6) is 0.0503. The van der Waals surface area contributed by atoms with E-state index in [0.29, 0.717) is 12.8 Å². The fraction of sp³-hybridized carbons (Fsp3) is 0.625. The SMILES string of the molecule is [B]C(=O)CCC(C)(C)SSCCCC(=O)NCCN1C(=O)C=CC1=O. The second kappa shape index (κ2) is 10.7. The van der Waals surface area contributed by atoms with Gasteiger partial charge in [-0.1, -0.05) is 21.6 Å². The van der Waals surface area contributed by atoms with Crippen molar-refractivity contribution in [1.29, 1.82) is 0 Å². The Morgan fingerprint density at radius 1 is 1.20 bits per heavy atom. The van der Waals surface area contributed by atoms with Crippen molar-refractivity contribution in [3.8, 4) is 0 Å². The van der Waals surface area contributed by atoms with E-state index >= 15 is 0 Å². The van der Waals surface area contributed by atoms with E-state index in [1.807, 2.05) is 0 Å². The van der Waals surface area contributed by atoms with Crippen LogP contribution < -0.4 is 5.32 Å². The largest absolute Gasteiger partial charge is 0.354 e. The van der Waals surface area contributed by atoms with E-state index in [0.717, 1.165) is 23.5 Å². The second-order valence-electron chi connectivity index (χ2n) is 6.25. The fourth-order valence-electron chi connectivity index (χ4n) is 2.01. The first-order valence-electron chi connectivity index (χ1n) is 8.10. The third kappa shape index (κ3) is 9.16. The first kappa shape index (κ1) is 21.8. The van der Waals surface area contributed by atoms with Gasteiger partial charge in [0.05, 0.1) is 5.68 Å². The van der Waals surface area contributed by atoms with Crippen LogP contribution >= 0.6 is 21.6 Å². The lowest BCUT2D eigenvalue weighted by atomic mass is 9.94. The Kier molecular flexibility index (Phi) is 9.34. The molecule has 6 nitrogen and oxygen atoms in total. The number of rotatable bonds is 12. The van der Waals surface area contributed by atoms with Crippen molar-refractivity contribution in [1.82, 2.24) is 10.2 Å². The highest BCUT2D eigenvalue weighted by molar-refractivity contribution is 8.77. The van der Waals surface area contributed by atoms with Gasteiger partial charge in [0.2, 0.25) is 5.91 Å². The van der Waals surface area contributed by atoms with Crippen LogP contribution in [0.4, 0.5) is 0 Å². The predicted molar refractivity (Wildman–Crippen MR) is 102 cm³/mol. The number of carbonyl (C=O) groups excluding carboxylic acids is 4. The predicted octanol–water partition coefficient (Wildman–Crippen LogP) is 1.44. The molecule has 1 heterocycles. The molecule has 0 fully saturated rings. The van der Waals surface area contributed by atoms with Gasteiger partial charge in [-0.25, -0.2) is 0 Å². The third-order valence-corrected chi connectivity index (χ3v) is 6.88. The van der Waals surface area contributed by atoms with Crippen LogP contribution in [0.5, 0.6) is 0 Å². The monoisotopic (exact) mass is 382 g/mol. The van der Waals surface area contributed by atoms with Crippen LogP contribution in [0.15, 0.2) is 12.2 Å². The fourth-order valence-corrected chi connectivity index (χ4v) is 4.67. The minimum absolute atomic E-state index is 0.0369. The van der Waals surface area contributed by atoms with Crippen molar-refractivity contribution >= 4 is 52.8 Å². The highest BCUT2D eigenvalue weighted by atomic mass is 33.1. The van der Waals surface area contributed by atoms with Crippen molar-refractivity contribution in [3.63, 3.8) is 0 Å². The molecule has 0 saturated heterocycles. The quantitative estimate of drug-likeness (QED) is 0.238. The molecule has 3 amide bonds. The minimum Gasteiger partial charge on any atom is -0.354 e. The summed E-state index contributed by atoms with van der Waals surface area (Å²) < 4.78 is -0.0369. The van der Waals surface area contributed by atoms with Crippen molar-refractivity contribution in [2.75, 3.05) is 18.8 Å². The topological polar surface area (TPSA) is 83.6 Å².